The van der Waals surface area contributed by atoms with Gasteiger partial charge in [-0.25, -0.2) is 0 Å². The van der Waals surface area contributed by atoms with E-state index in [0.717, 1.165) is 50.7 Å². The summed E-state index contributed by atoms with van der Waals surface area (Å²) in [7, 11) is 0. The highest BCUT2D eigenvalue weighted by Gasteiger charge is 2.17. The molecule has 1 saturated heterocycles. The minimum absolute atomic E-state index is 0.712. The molecular formula is C17H23N3O2. The van der Waals surface area contributed by atoms with E-state index in [1.54, 1.807) is 6.26 Å². The predicted molar refractivity (Wildman–Crippen MR) is 84.7 cm³/mol. The highest BCUT2D eigenvalue weighted by Crippen LogP contribution is 2.16. The molecule has 5 heteroatoms. The molecule has 1 aromatic heterocycles. The summed E-state index contributed by atoms with van der Waals surface area (Å²) in [6, 6.07) is 10.3. The molecule has 0 unspecified atom stereocenters. The second-order valence-corrected chi connectivity index (χ2v) is 5.62. The van der Waals surface area contributed by atoms with E-state index in [-0.39, 0.29) is 0 Å². The van der Waals surface area contributed by atoms with Crippen LogP contribution in [0.1, 0.15) is 18.2 Å². The Morgan fingerprint density at radius 2 is 1.86 bits per heavy atom. The lowest BCUT2D eigenvalue weighted by Gasteiger charge is -2.34. The first-order valence-corrected chi connectivity index (χ1v) is 7.89. The van der Waals surface area contributed by atoms with Crippen molar-refractivity contribution < 1.29 is 9.26 Å². The molecule has 5 nitrogen and oxygen atoms in total. The lowest BCUT2D eigenvalue weighted by Crippen LogP contribution is -2.45. The van der Waals surface area contributed by atoms with Crippen LogP contribution in [0.3, 0.4) is 0 Å². The molecule has 0 spiro atoms. The van der Waals surface area contributed by atoms with Crippen LogP contribution in [0.15, 0.2) is 41.1 Å². The standard InChI is InChI=1S/C17H23N3O2/c1-2-21-17-5-3-4-15(12-17)13-19-7-9-20(10-8-19)14-16-6-11-22-18-16/h3-6,11-12H,2,7-10,13-14H2,1H3. The summed E-state index contributed by atoms with van der Waals surface area (Å²) < 4.78 is 10.5. The predicted octanol–water partition coefficient (Wildman–Crippen LogP) is 2.39. The lowest BCUT2D eigenvalue weighted by atomic mass is 10.2. The first-order chi connectivity index (χ1) is 10.8. The van der Waals surface area contributed by atoms with Gasteiger partial charge in [-0.3, -0.25) is 9.80 Å². The van der Waals surface area contributed by atoms with E-state index in [4.69, 9.17) is 9.26 Å². The van der Waals surface area contributed by atoms with Crippen LogP contribution in [0.2, 0.25) is 0 Å². The van der Waals surface area contributed by atoms with E-state index < -0.39 is 0 Å². The largest absolute Gasteiger partial charge is 0.494 e. The third-order valence-corrected chi connectivity index (χ3v) is 3.96. The van der Waals surface area contributed by atoms with Gasteiger partial charge in [-0.1, -0.05) is 17.3 Å². The molecule has 0 N–H and O–H groups in total. The minimum Gasteiger partial charge on any atom is -0.494 e. The zero-order chi connectivity index (χ0) is 15.2. The molecule has 3 rings (SSSR count). The van der Waals surface area contributed by atoms with Crippen LogP contribution in [0.4, 0.5) is 0 Å². The van der Waals surface area contributed by atoms with E-state index in [1.165, 1.54) is 5.56 Å². The van der Waals surface area contributed by atoms with Gasteiger partial charge in [0, 0.05) is 45.3 Å². The van der Waals surface area contributed by atoms with Crippen molar-refractivity contribution in [2.24, 2.45) is 0 Å². The van der Waals surface area contributed by atoms with E-state index in [1.807, 2.05) is 19.1 Å². The summed E-state index contributed by atoms with van der Waals surface area (Å²) in [6.45, 7) is 8.89. The number of rotatable bonds is 6. The van der Waals surface area contributed by atoms with Crippen molar-refractivity contribution in [2.45, 2.75) is 20.0 Å². The second-order valence-electron chi connectivity index (χ2n) is 5.62. The summed E-state index contributed by atoms with van der Waals surface area (Å²) in [5.74, 6) is 0.963. The number of nitrogens with zero attached hydrogens (tertiary/aromatic N) is 3. The fourth-order valence-corrected chi connectivity index (χ4v) is 2.81. The van der Waals surface area contributed by atoms with E-state index in [9.17, 15) is 0 Å². The smallest absolute Gasteiger partial charge is 0.124 e. The Balaban J connectivity index is 1.48. The molecule has 0 radical (unpaired) electrons. The molecule has 2 aromatic rings. The van der Waals surface area contributed by atoms with Crippen molar-refractivity contribution >= 4 is 0 Å². The summed E-state index contributed by atoms with van der Waals surface area (Å²) in [6.07, 6.45) is 1.64. The topological polar surface area (TPSA) is 41.7 Å². The van der Waals surface area contributed by atoms with Crippen molar-refractivity contribution in [3.63, 3.8) is 0 Å². The Hall–Kier alpha value is -1.85. The van der Waals surface area contributed by atoms with Gasteiger partial charge in [-0.15, -0.1) is 0 Å². The van der Waals surface area contributed by atoms with Crippen molar-refractivity contribution in [3.05, 3.63) is 47.9 Å². The van der Waals surface area contributed by atoms with Crippen LogP contribution in [0.25, 0.3) is 0 Å². The SMILES string of the molecule is CCOc1cccc(CN2CCN(Cc3ccon3)CC2)c1. The summed E-state index contributed by atoms with van der Waals surface area (Å²) in [5, 5.41) is 3.98. The van der Waals surface area contributed by atoms with Crippen LogP contribution < -0.4 is 4.74 Å². The third kappa shape index (κ3) is 4.08. The quantitative estimate of drug-likeness (QED) is 0.819. The molecule has 1 aliphatic heterocycles. The molecular weight excluding hydrogens is 278 g/mol. The van der Waals surface area contributed by atoms with Crippen molar-refractivity contribution in [3.8, 4) is 5.75 Å². The summed E-state index contributed by atoms with van der Waals surface area (Å²) in [4.78, 5) is 4.91. The third-order valence-electron chi connectivity index (χ3n) is 3.96. The van der Waals surface area contributed by atoms with Crippen LogP contribution >= 0.6 is 0 Å². The lowest BCUT2D eigenvalue weighted by molar-refractivity contribution is 0.120. The van der Waals surface area contributed by atoms with Gasteiger partial charge in [0.25, 0.3) is 0 Å². The minimum atomic E-state index is 0.712. The van der Waals surface area contributed by atoms with E-state index in [2.05, 4.69) is 33.2 Å². The van der Waals surface area contributed by atoms with Crippen molar-refractivity contribution in [2.75, 3.05) is 32.8 Å². The van der Waals surface area contributed by atoms with Crippen LogP contribution in [0, 0.1) is 0 Å². The number of hydrogen-bond acceptors (Lipinski definition) is 5. The maximum Gasteiger partial charge on any atom is 0.124 e. The molecule has 1 aliphatic rings. The molecule has 0 atom stereocenters. The van der Waals surface area contributed by atoms with Crippen molar-refractivity contribution in [1.29, 1.82) is 0 Å². The van der Waals surface area contributed by atoms with Crippen LogP contribution in [0.5, 0.6) is 5.75 Å². The molecule has 0 bridgehead atoms. The highest BCUT2D eigenvalue weighted by molar-refractivity contribution is 5.28. The van der Waals surface area contributed by atoms with Gasteiger partial charge < -0.3 is 9.26 Å². The van der Waals surface area contributed by atoms with E-state index in [0.29, 0.717) is 6.61 Å². The molecule has 1 fully saturated rings. The van der Waals surface area contributed by atoms with Gasteiger partial charge in [0.1, 0.15) is 12.0 Å². The Kier molecular flexibility index (Phi) is 5.08. The molecule has 0 saturated carbocycles. The molecule has 1 aromatic carbocycles. The zero-order valence-electron chi connectivity index (χ0n) is 13.1. The van der Waals surface area contributed by atoms with Gasteiger partial charge in [0.15, 0.2) is 0 Å². The molecule has 118 valence electrons. The maximum absolute atomic E-state index is 5.57. The number of ether oxygens (including phenoxy) is 1. The fraction of sp³-hybridized carbons (Fsp3) is 0.471. The molecule has 22 heavy (non-hydrogen) atoms. The molecule has 0 aliphatic carbocycles. The van der Waals surface area contributed by atoms with Gasteiger partial charge >= 0.3 is 0 Å². The van der Waals surface area contributed by atoms with Crippen LogP contribution in [-0.2, 0) is 13.1 Å². The van der Waals surface area contributed by atoms with Gasteiger partial charge in [0.05, 0.1) is 12.3 Å². The Bertz CT molecular complexity index is 563. The zero-order valence-corrected chi connectivity index (χ0v) is 13.1. The Labute approximate surface area is 131 Å². The number of piperazine rings is 1. The number of aromatic nitrogens is 1. The molecule has 0 amide bonds. The van der Waals surface area contributed by atoms with Crippen LogP contribution in [-0.4, -0.2) is 47.7 Å². The average Bonchev–Trinajstić information content (AvgIpc) is 3.03. The average molecular weight is 301 g/mol. The second kappa shape index (κ2) is 7.42. The monoisotopic (exact) mass is 301 g/mol. The number of benzene rings is 1. The fourth-order valence-electron chi connectivity index (χ4n) is 2.81. The van der Waals surface area contributed by atoms with Gasteiger partial charge in [0.2, 0.25) is 0 Å². The summed E-state index contributed by atoms with van der Waals surface area (Å²) in [5.41, 5.74) is 2.33. The normalized spacial score (nSPS) is 16.8. The maximum atomic E-state index is 5.57. The first kappa shape index (κ1) is 15.1. The van der Waals surface area contributed by atoms with Gasteiger partial charge in [-0.05, 0) is 24.6 Å². The Morgan fingerprint density at radius 3 is 2.55 bits per heavy atom. The first-order valence-electron chi connectivity index (χ1n) is 7.89. The number of hydrogen-bond donors (Lipinski definition) is 0. The summed E-state index contributed by atoms with van der Waals surface area (Å²) >= 11 is 0. The van der Waals surface area contributed by atoms with Crippen molar-refractivity contribution in [1.82, 2.24) is 15.0 Å². The highest BCUT2D eigenvalue weighted by atomic mass is 16.5. The van der Waals surface area contributed by atoms with Gasteiger partial charge in [-0.2, -0.15) is 0 Å². The Morgan fingerprint density at radius 1 is 1.09 bits per heavy atom. The van der Waals surface area contributed by atoms with E-state index >= 15 is 0 Å². The molecule has 2 heterocycles.